The fourth-order valence-electron chi connectivity index (χ4n) is 0.755. The normalized spacial score (nSPS) is 12.8. The van der Waals surface area contributed by atoms with Crippen molar-refractivity contribution >= 4 is 17.9 Å². The molecule has 0 spiro atoms. The van der Waals surface area contributed by atoms with Crippen molar-refractivity contribution in [2.75, 3.05) is 12.9 Å². The standard InChI is InChI=1S/C8H17NO2S/c1-5-12-7(6(2)3)9-8(10)11-4/h6-7H,5H2,1-4H3,(H,9,10). The maximum Gasteiger partial charge on any atom is 0.407 e. The minimum atomic E-state index is -0.352. The zero-order valence-corrected chi connectivity index (χ0v) is 8.90. The smallest absolute Gasteiger partial charge is 0.407 e. The Bertz CT molecular complexity index is 139. The van der Waals surface area contributed by atoms with Gasteiger partial charge in [-0.2, -0.15) is 0 Å². The summed E-state index contributed by atoms with van der Waals surface area (Å²) in [5.74, 6) is 1.42. The van der Waals surface area contributed by atoms with Crippen molar-refractivity contribution in [2.24, 2.45) is 5.92 Å². The first kappa shape index (κ1) is 11.6. The van der Waals surface area contributed by atoms with E-state index in [-0.39, 0.29) is 11.5 Å². The van der Waals surface area contributed by atoms with E-state index in [1.54, 1.807) is 11.8 Å². The molecule has 0 aliphatic carbocycles. The molecule has 0 aromatic rings. The maximum atomic E-state index is 10.9. The second kappa shape index (κ2) is 6.17. The molecule has 4 heteroatoms. The predicted octanol–water partition coefficient (Wildman–Crippen LogP) is 2.08. The summed E-state index contributed by atoms with van der Waals surface area (Å²) in [6, 6.07) is 0. The van der Waals surface area contributed by atoms with Gasteiger partial charge in [0, 0.05) is 0 Å². The molecule has 0 heterocycles. The van der Waals surface area contributed by atoms with E-state index in [1.165, 1.54) is 7.11 Å². The Labute approximate surface area is 78.2 Å². The number of rotatable bonds is 4. The first-order chi connectivity index (χ1) is 5.61. The second-order valence-electron chi connectivity index (χ2n) is 2.76. The minimum absolute atomic E-state index is 0.155. The summed E-state index contributed by atoms with van der Waals surface area (Å²) < 4.78 is 4.51. The third-order valence-electron chi connectivity index (χ3n) is 1.40. The van der Waals surface area contributed by atoms with Gasteiger partial charge in [-0.05, 0) is 11.7 Å². The van der Waals surface area contributed by atoms with Crippen molar-refractivity contribution < 1.29 is 9.53 Å². The molecule has 0 radical (unpaired) electrons. The van der Waals surface area contributed by atoms with Crippen molar-refractivity contribution in [3.63, 3.8) is 0 Å². The molecule has 0 rings (SSSR count). The monoisotopic (exact) mass is 191 g/mol. The Balaban J connectivity index is 3.86. The summed E-state index contributed by atoms with van der Waals surface area (Å²) in [5.41, 5.74) is 0. The van der Waals surface area contributed by atoms with Crippen molar-refractivity contribution in [2.45, 2.75) is 26.1 Å². The number of alkyl carbamates (subject to hydrolysis) is 1. The number of hydrogen-bond donors (Lipinski definition) is 1. The molecule has 0 bridgehead atoms. The van der Waals surface area contributed by atoms with Gasteiger partial charge in [0.1, 0.15) is 0 Å². The van der Waals surface area contributed by atoms with E-state index in [1.807, 2.05) is 0 Å². The van der Waals surface area contributed by atoms with Crippen molar-refractivity contribution in [1.29, 1.82) is 0 Å². The third kappa shape index (κ3) is 4.49. The molecule has 0 saturated carbocycles. The van der Waals surface area contributed by atoms with Gasteiger partial charge in [-0.1, -0.05) is 20.8 Å². The highest BCUT2D eigenvalue weighted by molar-refractivity contribution is 7.99. The summed E-state index contributed by atoms with van der Waals surface area (Å²) in [6.45, 7) is 6.21. The highest BCUT2D eigenvalue weighted by Crippen LogP contribution is 2.16. The molecular weight excluding hydrogens is 174 g/mol. The Kier molecular flexibility index (Phi) is 5.98. The number of methoxy groups -OCH3 is 1. The van der Waals surface area contributed by atoms with Crippen LogP contribution in [0.1, 0.15) is 20.8 Å². The molecule has 1 N–H and O–H groups in total. The Morgan fingerprint density at radius 3 is 2.50 bits per heavy atom. The number of hydrogen-bond acceptors (Lipinski definition) is 3. The van der Waals surface area contributed by atoms with Gasteiger partial charge in [-0.3, -0.25) is 0 Å². The van der Waals surface area contributed by atoms with Gasteiger partial charge < -0.3 is 10.1 Å². The molecule has 0 fully saturated rings. The van der Waals surface area contributed by atoms with Crippen LogP contribution in [-0.4, -0.2) is 24.3 Å². The highest BCUT2D eigenvalue weighted by Gasteiger charge is 2.15. The maximum absolute atomic E-state index is 10.9. The largest absolute Gasteiger partial charge is 0.453 e. The molecule has 72 valence electrons. The number of nitrogens with one attached hydrogen (secondary N) is 1. The zero-order valence-electron chi connectivity index (χ0n) is 8.09. The number of carbonyl (C=O) groups is 1. The van der Waals surface area contributed by atoms with Gasteiger partial charge >= 0.3 is 6.09 Å². The summed E-state index contributed by atoms with van der Waals surface area (Å²) in [4.78, 5) is 10.9. The fraction of sp³-hybridized carbons (Fsp3) is 0.875. The Morgan fingerprint density at radius 1 is 1.58 bits per heavy atom. The van der Waals surface area contributed by atoms with E-state index in [2.05, 4.69) is 30.8 Å². The molecule has 1 atom stereocenters. The van der Waals surface area contributed by atoms with Crippen LogP contribution < -0.4 is 5.32 Å². The molecule has 12 heavy (non-hydrogen) atoms. The van der Waals surface area contributed by atoms with Crippen LogP contribution in [0.3, 0.4) is 0 Å². The van der Waals surface area contributed by atoms with E-state index in [9.17, 15) is 4.79 Å². The third-order valence-corrected chi connectivity index (χ3v) is 2.75. The molecule has 0 aromatic carbocycles. The fourth-order valence-corrected chi connectivity index (χ4v) is 1.68. The Hall–Kier alpha value is -0.380. The summed E-state index contributed by atoms with van der Waals surface area (Å²) in [5, 5.41) is 2.92. The van der Waals surface area contributed by atoms with E-state index < -0.39 is 0 Å². The lowest BCUT2D eigenvalue weighted by Gasteiger charge is -2.20. The average Bonchev–Trinajstić information content (AvgIpc) is 2.03. The van der Waals surface area contributed by atoms with Crippen LogP contribution in [0.5, 0.6) is 0 Å². The summed E-state index contributed by atoms with van der Waals surface area (Å²) in [6.07, 6.45) is -0.352. The van der Waals surface area contributed by atoms with Crippen LogP contribution in [-0.2, 0) is 4.74 Å². The SMILES string of the molecule is CCSC(NC(=O)OC)C(C)C. The molecule has 0 aliphatic heterocycles. The summed E-state index contributed by atoms with van der Waals surface area (Å²) in [7, 11) is 1.38. The van der Waals surface area contributed by atoms with Crippen LogP contribution >= 0.6 is 11.8 Å². The molecule has 0 aliphatic rings. The van der Waals surface area contributed by atoms with Gasteiger partial charge in [-0.15, -0.1) is 11.8 Å². The highest BCUT2D eigenvalue weighted by atomic mass is 32.2. The summed E-state index contributed by atoms with van der Waals surface area (Å²) >= 11 is 1.72. The zero-order chi connectivity index (χ0) is 9.56. The van der Waals surface area contributed by atoms with E-state index >= 15 is 0 Å². The number of thioether (sulfide) groups is 1. The van der Waals surface area contributed by atoms with Crippen LogP contribution in [0.2, 0.25) is 0 Å². The second-order valence-corrected chi connectivity index (χ2v) is 4.17. The molecule has 1 amide bonds. The number of ether oxygens (including phenoxy) is 1. The predicted molar refractivity (Wildman–Crippen MR) is 52.3 cm³/mol. The van der Waals surface area contributed by atoms with E-state index in [0.29, 0.717) is 5.92 Å². The van der Waals surface area contributed by atoms with Gasteiger partial charge in [-0.25, -0.2) is 4.79 Å². The van der Waals surface area contributed by atoms with Gasteiger partial charge in [0.15, 0.2) is 0 Å². The Morgan fingerprint density at radius 2 is 2.17 bits per heavy atom. The first-order valence-electron chi connectivity index (χ1n) is 4.07. The van der Waals surface area contributed by atoms with Crippen LogP contribution in [0, 0.1) is 5.92 Å². The van der Waals surface area contributed by atoms with Gasteiger partial charge in [0.2, 0.25) is 0 Å². The van der Waals surface area contributed by atoms with Crippen LogP contribution in [0.4, 0.5) is 4.79 Å². The first-order valence-corrected chi connectivity index (χ1v) is 5.12. The molecule has 0 saturated heterocycles. The molecular formula is C8H17NO2S. The topological polar surface area (TPSA) is 38.3 Å². The van der Waals surface area contributed by atoms with Gasteiger partial charge in [0.05, 0.1) is 12.5 Å². The lowest BCUT2D eigenvalue weighted by Crippen LogP contribution is -2.36. The number of carbonyl (C=O) groups excluding carboxylic acids is 1. The van der Waals surface area contributed by atoms with Gasteiger partial charge in [0.25, 0.3) is 0 Å². The minimum Gasteiger partial charge on any atom is -0.453 e. The quantitative estimate of drug-likeness (QED) is 0.691. The lowest BCUT2D eigenvalue weighted by molar-refractivity contribution is 0.168. The van der Waals surface area contributed by atoms with Crippen molar-refractivity contribution in [3.05, 3.63) is 0 Å². The van der Waals surface area contributed by atoms with Crippen LogP contribution in [0.15, 0.2) is 0 Å². The molecule has 3 nitrogen and oxygen atoms in total. The molecule has 0 aromatic heterocycles. The van der Waals surface area contributed by atoms with Crippen molar-refractivity contribution in [1.82, 2.24) is 5.32 Å². The van der Waals surface area contributed by atoms with Crippen molar-refractivity contribution in [3.8, 4) is 0 Å². The molecule has 1 unspecified atom stereocenters. The van der Waals surface area contributed by atoms with E-state index in [0.717, 1.165) is 5.75 Å². The number of amides is 1. The van der Waals surface area contributed by atoms with Crippen LogP contribution in [0.25, 0.3) is 0 Å². The lowest BCUT2D eigenvalue weighted by atomic mass is 10.2. The average molecular weight is 191 g/mol. The van der Waals surface area contributed by atoms with E-state index in [4.69, 9.17) is 0 Å².